The van der Waals surface area contributed by atoms with Crippen molar-refractivity contribution in [2.45, 2.75) is 0 Å². The quantitative estimate of drug-likeness (QED) is 0.385. The summed E-state index contributed by atoms with van der Waals surface area (Å²) in [7, 11) is 0. The van der Waals surface area contributed by atoms with Crippen LogP contribution in [-0.4, -0.2) is 6.21 Å². The van der Waals surface area contributed by atoms with Crippen LogP contribution in [0.5, 0.6) is 0 Å². The topological polar surface area (TPSA) is 23.9 Å². The Bertz CT molecular complexity index is 173. The molecular weight excluding hydrogens is 98.1 g/mol. The van der Waals surface area contributed by atoms with Crippen LogP contribution in [0.25, 0.3) is 0 Å². The number of allylic oxidation sites excluding steroid dienone is 6. The lowest BCUT2D eigenvalue weighted by Crippen LogP contribution is -1.79. The van der Waals surface area contributed by atoms with Crippen LogP contribution >= 0.6 is 0 Å². The number of nitrogens with one attached hydrogen (secondary N) is 1. The molecule has 1 N–H and O–H groups in total. The Labute approximate surface area is 48.5 Å². The molecule has 1 rings (SSSR count). The Morgan fingerprint density at radius 3 is 2.75 bits per heavy atom. The van der Waals surface area contributed by atoms with E-state index in [1.807, 2.05) is 18.2 Å². The Kier molecular flexibility index (Phi) is 1.36. The Morgan fingerprint density at radius 2 is 2.38 bits per heavy atom. The van der Waals surface area contributed by atoms with Crippen LogP contribution in [0.1, 0.15) is 0 Å². The van der Waals surface area contributed by atoms with E-state index in [-0.39, 0.29) is 0 Å². The van der Waals surface area contributed by atoms with Gasteiger partial charge in [0.1, 0.15) is 6.21 Å². The molecule has 0 atom stereocenters. The third-order valence-corrected chi connectivity index (χ3v) is 0.889. The van der Waals surface area contributed by atoms with Crippen LogP contribution in [0, 0.1) is 11.5 Å². The third-order valence-electron chi connectivity index (χ3n) is 0.889. The second-order valence-electron chi connectivity index (χ2n) is 1.46. The normalized spacial score (nSPS) is 14.8. The zero-order valence-electron chi connectivity index (χ0n) is 4.39. The first-order chi connectivity index (χ1) is 3.93. The summed E-state index contributed by atoms with van der Waals surface area (Å²) in [5.41, 5.74) is 0.826. The molecule has 0 aliphatic heterocycles. The van der Waals surface area contributed by atoms with E-state index in [1.165, 1.54) is 6.21 Å². The molecule has 38 valence electrons. The molecule has 1 aliphatic rings. The number of hydrogen-bond acceptors (Lipinski definition) is 1. The first-order valence-corrected chi connectivity index (χ1v) is 2.40. The zero-order valence-corrected chi connectivity index (χ0v) is 4.39. The van der Waals surface area contributed by atoms with Crippen LogP contribution < -0.4 is 0 Å². The average Bonchev–Trinajstić information content (AvgIpc) is 1.90. The molecule has 0 unspecified atom stereocenters. The van der Waals surface area contributed by atoms with Gasteiger partial charge < -0.3 is 0 Å². The maximum absolute atomic E-state index is 6.79. The van der Waals surface area contributed by atoms with Crippen molar-refractivity contribution in [1.29, 1.82) is 5.41 Å². The van der Waals surface area contributed by atoms with E-state index in [9.17, 15) is 0 Å². The van der Waals surface area contributed by atoms with Crippen LogP contribution in [0.15, 0.2) is 29.9 Å². The highest BCUT2D eigenvalue weighted by molar-refractivity contribution is 5.79. The van der Waals surface area contributed by atoms with Gasteiger partial charge in [-0.25, -0.2) is 0 Å². The molecule has 1 aliphatic carbocycles. The molecule has 0 radical (unpaired) electrons. The molecule has 1 nitrogen and oxygen atoms in total. The van der Waals surface area contributed by atoms with E-state index >= 15 is 0 Å². The molecule has 0 aromatic carbocycles. The first-order valence-electron chi connectivity index (χ1n) is 2.40. The lowest BCUT2D eigenvalue weighted by atomic mass is 10.2. The van der Waals surface area contributed by atoms with Gasteiger partial charge in [-0.2, -0.15) is 0 Å². The minimum absolute atomic E-state index is 0.826. The second-order valence-corrected chi connectivity index (χ2v) is 1.46. The van der Waals surface area contributed by atoms with E-state index in [0.717, 1.165) is 5.57 Å². The highest BCUT2D eigenvalue weighted by Gasteiger charge is 1.95. The van der Waals surface area contributed by atoms with Gasteiger partial charge in [-0.15, -0.1) is 0 Å². The molecule has 0 aromatic rings. The Balaban J connectivity index is 2.82. The molecule has 0 heterocycles. The molecule has 0 saturated heterocycles. The van der Waals surface area contributed by atoms with Gasteiger partial charge in [-0.3, -0.25) is 5.41 Å². The van der Waals surface area contributed by atoms with E-state index in [4.69, 9.17) is 5.41 Å². The first kappa shape index (κ1) is 4.95. The van der Waals surface area contributed by atoms with Gasteiger partial charge in [0.25, 0.3) is 0 Å². The van der Waals surface area contributed by atoms with Gasteiger partial charge in [0.05, 0.1) is 6.08 Å². The van der Waals surface area contributed by atoms with Crippen molar-refractivity contribution in [1.82, 2.24) is 0 Å². The lowest BCUT2D eigenvalue weighted by Gasteiger charge is -1.79. The van der Waals surface area contributed by atoms with Crippen molar-refractivity contribution in [3.05, 3.63) is 36.0 Å². The summed E-state index contributed by atoms with van der Waals surface area (Å²) in [5, 5.41) is 6.79. The minimum atomic E-state index is 0.826. The smallest absolute Gasteiger partial charge is 0.165 e. The summed E-state index contributed by atoms with van der Waals surface area (Å²) >= 11 is 0. The largest absolute Gasteiger partial charge is 0.258 e. The third kappa shape index (κ3) is 0.895. The number of hydrogen-bond donors (Lipinski definition) is 1. The molecule has 0 fully saturated rings. The van der Waals surface area contributed by atoms with Gasteiger partial charge in [0.2, 0.25) is 0 Å². The standard InChI is InChI=1S/C7H6N/c8-6-7-4-2-1-3-5-7/h1-4,6,8H/q+1. The molecule has 0 amide bonds. The van der Waals surface area contributed by atoms with Crippen LogP contribution in [0.2, 0.25) is 0 Å². The molecule has 0 bridgehead atoms. The monoisotopic (exact) mass is 104 g/mol. The van der Waals surface area contributed by atoms with E-state index in [2.05, 4.69) is 6.08 Å². The fraction of sp³-hybridized carbons (Fsp3) is 0. The summed E-state index contributed by atoms with van der Waals surface area (Å²) < 4.78 is 0. The van der Waals surface area contributed by atoms with Gasteiger partial charge in [-0.05, 0) is 0 Å². The van der Waals surface area contributed by atoms with Crippen LogP contribution in [0.4, 0.5) is 0 Å². The van der Waals surface area contributed by atoms with Crippen LogP contribution in [-0.2, 0) is 0 Å². The van der Waals surface area contributed by atoms with Crippen molar-refractivity contribution >= 4 is 6.21 Å². The highest BCUT2D eigenvalue weighted by Crippen LogP contribution is 1.97. The summed E-state index contributed by atoms with van der Waals surface area (Å²) in [6.07, 6.45) is 11.6. The van der Waals surface area contributed by atoms with E-state index in [0.29, 0.717) is 0 Å². The lowest BCUT2D eigenvalue weighted by molar-refractivity contribution is 1.53. The molecule has 1 heteroatoms. The van der Waals surface area contributed by atoms with Crippen molar-refractivity contribution in [3.8, 4) is 0 Å². The van der Waals surface area contributed by atoms with Gasteiger partial charge in [0.15, 0.2) is 5.57 Å². The Hall–Kier alpha value is -1.20. The molecule has 0 aromatic heterocycles. The van der Waals surface area contributed by atoms with Crippen molar-refractivity contribution in [2.24, 2.45) is 0 Å². The summed E-state index contributed by atoms with van der Waals surface area (Å²) in [4.78, 5) is 0. The fourth-order valence-electron chi connectivity index (χ4n) is 0.497. The predicted molar refractivity (Wildman–Crippen MR) is 33.8 cm³/mol. The minimum Gasteiger partial charge on any atom is -0.258 e. The maximum atomic E-state index is 6.79. The van der Waals surface area contributed by atoms with Gasteiger partial charge >= 0.3 is 0 Å². The van der Waals surface area contributed by atoms with Gasteiger partial charge in [0, 0.05) is 24.3 Å². The van der Waals surface area contributed by atoms with Crippen molar-refractivity contribution in [2.75, 3.05) is 0 Å². The zero-order chi connectivity index (χ0) is 5.82. The summed E-state index contributed by atoms with van der Waals surface area (Å²) in [6, 6.07) is 0. The predicted octanol–water partition coefficient (Wildman–Crippen LogP) is 1.49. The molecule has 0 spiro atoms. The van der Waals surface area contributed by atoms with Crippen LogP contribution in [0.3, 0.4) is 0 Å². The molecule has 8 heavy (non-hydrogen) atoms. The average molecular weight is 104 g/mol. The van der Waals surface area contributed by atoms with Crippen molar-refractivity contribution < 1.29 is 0 Å². The van der Waals surface area contributed by atoms with E-state index < -0.39 is 0 Å². The summed E-state index contributed by atoms with van der Waals surface area (Å²) in [6.45, 7) is 0. The Morgan fingerprint density at radius 1 is 1.50 bits per heavy atom. The molecule has 0 saturated carbocycles. The second kappa shape index (κ2) is 2.20. The maximum Gasteiger partial charge on any atom is 0.165 e. The summed E-state index contributed by atoms with van der Waals surface area (Å²) in [5.74, 6) is 0. The van der Waals surface area contributed by atoms with Crippen molar-refractivity contribution in [3.63, 3.8) is 0 Å². The highest BCUT2D eigenvalue weighted by atomic mass is 14.3. The number of rotatable bonds is 1. The van der Waals surface area contributed by atoms with Gasteiger partial charge in [-0.1, -0.05) is 0 Å². The SMILES string of the molecule is N=CC1=CC=CC=[C+]1. The fourth-order valence-corrected chi connectivity index (χ4v) is 0.497. The molecular formula is C7H6N+. The van der Waals surface area contributed by atoms with E-state index in [1.54, 1.807) is 6.08 Å².